The van der Waals surface area contributed by atoms with E-state index in [0.29, 0.717) is 46.4 Å². The number of aryl methyl sites for hydroxylation is 3. The number of ketones is 1. The van der Waals surface area contributed by atoms with E-state index in [2.05, 4.69) is 0 Å². The lowest BCUT2D eigenvalue weighted by atomic mass is 9.95. The molecule has 7 nitrogen and oxygen atoms in total. The van der Waals surface area contributed by atoms with E-state index in [-0.39, 0.29) is 11.3 Å². The Morgan fingerprint density at radius 1 is 1.06 bits per heavy atom. The lowest BCUT2D eigenvalue weighted by Crippen LogP contribution is -2.29. The summed E-state index contributed by atoms with van der Waals surface area (Å²) in [5.74, 6) is 0.439. The number of methoxy groups -OCH3 is 1. The SMILES string of the molecule is CCOc1cccc(N2C(=O)C(=O)/C(=C(/O)c3cc(C)c(OC)cc3C)C2c2ccc(C)o2)c1. The van der Waals surface area contributed by atoms with E-state index in [4.69, 9.17) is 13.9 Å². The molecule has 1 saturated heterocycles. The van der Waals surface area contributed by atoms with Gasteiger partial charge in [-0.3, -0.25) is 14.5 Å². The molecule has 2 heterocycles. The Hall–Kier alpha value is -4.00. The molecule has 7 heteroatoms. The lowest BCUT2D eigenvalue weighted by Gasteiger charge is -2.24. The van der Waals surface area contributed by atoms with E-state index in [9.17, 15) is 14.7 Å². The van der Waals surface area contributed by atoms with Gasteiger partial charge in [-0.15, -0.1) is 0 Å². The Labute approximate surface area is 198 Å². The predicted molar refractivity (Wildman–Crippen MR) is 128 cm³/mol. The third-order valence-electron chi connectivity index (χ3n) is 5.88. The first-order valence-electron chi connectivity index (χ1n) is 11.0. The third kappa shape index (κ3) is 3.94. The molecule has 4 rings (SSSR count). The Bertz CT molecular complexity index is 1300. The Morgan fingerprint density at radius 3 is 2.47 bits per heavy atom. The van der Waals surface area contributed by atoms with Gasteiger partial charge in [-0.2, -0.15) is 0 Å². The quantitative estimate of drug-likeness (QED) is 0.307. The van der Waals surface area contributed by atoms with Crippen molar-refractivity contribution in [1.82, 2.24) is 0 Å². The molecule has 1 aromatic heterocycles. The number of aliphatic hydroxyl groups excluding tert-OH is 1. The second-order valence-corrected chi connectivity index (χ2v) is 8.18. The van der Waals surface area contributed by atoms with E-state index in [1.165, 1.54) is 4.90 Å². The first-order valence-corrected chi connectivity index (χ1v) is 11.0. The number of Topliss-reactive ketones (excluding diaryl/α,β-unsaturated/α-hetero) is 1. The Morgan fingerprint density at radius 2 is 1.82 bits per heavy atom. The molecular formula is C27H27NO6. The summed E-state index contributed by atoms with van der Waals surface area (Å²) in [5, 5.41) is 11.4. The summed E-state index contributed by atoms with van der Waals surface area (Å²) in [6.45, 7) is 7.76. The minimum Gasteiger partial charge on any atom is -0.507 e. The molecule has 1 aliphatic rings. The van der Waals surface area contributed by atoms with Crippen molar-refractivity contribution in [3.8, 4) is 11.5 Å². The molecule has 3 aromatic rings. The van der Waals surface area contributed by atoms with Gasteiger partial charge in [0.05, 0.1) is 19.3 Å². The second-order valence-electron chi connectivity index (χ2n) is 8.18. The Kier molecular flexibility index (Phi) is 6.20. The number of ether oxygens (including phenoxy) is 2. The minimum absolute atomic E-state index is 0.0335. The van der Waals surface area contributed by atoms with Crippen LogP contribution >= 0.6 is 0 Å². The fourth-order valence-corrected chi connectivity index (χ4v) is 4.27. The predicted octanol–water partition coefficient (Wildman–Crippen LogP) is 5.24. The molecule has 1 fully saturated rings. The topological polar surface area (TPSA) is 89.2 Å². The van der Waals surface area contributed by atoms with Crippen molar-refractivity contribution < 1.29 is 28.6 Å². The number of amides is 1. The van der Waals surface area contributed by atoms with Crippen LogP contribution < -0.4 is 14.4 Å². The zero-order valence-electron chi connectivity index (χ0n) is 19.8. The average molecular weight is 462 g/mol. The molecule has 34 heavy (non-hydrogen) atoms. The van der Waals surface area contributed by atoms with Crippen LogP contribution in [0.3, 0.4) is 0 Å². The van der Waals surface area contributed by atoms with Gasteiger partial charge in [0.2, 0.25) is 0 Å². The largest absolute Gasteiger partial charge is 0.507 e. The Balaban J connectivity index is 1.94. The summed E-state index contributed by atoms with van der Waals surface area (Å²) in [7, 11) is 1.57. The third-order valence-corrected chi connectivity index (χ3v) is 5.88. The maximum atomic E-state index is 13.3. The average Bonchev–Trinajstić information content (AvgIpc) is 3.35. The van der Waals surface area contributed by atoms with Crippen molar-refractivity contribution in [3.05, 3.63) is 82.3 Å². The number of benzene rings is 2. The molecule has 0 radical (unpaired) electrons. The van der Waals surface area contributed by atoms with E-state index >= 15 is 0 Å². The maximum absolute atomic E-state index is 13.3. The summed E-state index contributed by atoms with van der Waals surface area (Å²) in [6, 6.07) is 13.0. The first kappa shape index (κ1) is 23.2. The number of aliphatic hydroxyl groups is 1. The number of hydrogen-bond acceptors (Lipinski definition) is 6. The summed E-state index contributed by atoms with van der Waals surface area (Å²) in [4.78, 5) is 28.0. The van der Waals surface area contributed by atoms with Crippen molar-refractivity contribution in [1.29, 1.82) is 0 Å². The minimum atomic E-state index is -0.938. The smallest absolute Gasteiger partial charge is 0.300 e. The fourth-order valence-electron chi connectivity index (χ4n) is 4.27. The molecule has 2 aromatic carbocycles. The summed E-state index contributed by atoms with van der Waals surface area (Å²) >= 11 is 0. The number of carbonyl (C=O) groups excluding carboxylic acids is 2. The molecule has 1 unspecified atom stereocenters. The van der Waals surface area contributed by atoms with Crippen LogP contribution in [0.1, 0.15) is 41.2 Å². The maximum Gasteiger partial charge on any atom is 0.300 e. The molecule has 176 valence electrons. The van der Waals surface area contributed by atoms with Crippen molar-refractivity contribution in [2.75, 3.05) is 18.6 Å². The van der Waals surface area contributed by atoms with E-state index in [1.54, 1.807) is 62.6 Å². The normalized spacial score (nSPS) is 17.3. The molecule has 0 bridgehead atoms. The van der Waals surface area contributed by atoms with Gasteiger partial charge in [-0.05, 0) is 75.2 Å². The highest BCUT2D eigenvalue weighted by atomic mass is 16.5. The van der Waals surface area contributed by atoms with Crippen LogP contribution in [0.5, 0.6) is 11.5 Å². The number of nitrogens with zero attached hydrogens (tertiary/aromatic N) is 1. The number of rotatable bonds is 6. The second kappa shape index (κ2) is 9.09. The van der Waals surface area contributed by atoms with Gasteiger partial charge in [-0.25, -0.2) is 0 Å². The number of anilines is 1. The number of furan rings is 1. The van der Waals surface area contributed by atoms with Crippen LogP contribution in [0.2, 0.25) is 0 Å². The van der Waals surface area contributed by atoms with Crippen LogP contribution in [-0.2, 0) is 9.59 Å². The van der Waals surface area contributed by atoms with E-state index < -0.39 is 17.7 Å². The summed E-state index contributed by atoms with van der Waals surface area (Å²) in [6.07, 6.45) is 0. The number of hydrogen-bond donors (Lipinski definition) is 1. The number of carbonyl (C=O) groups is 2. The van der Waals surface area contributed by atoms with Crippen molar-refractivity contribution in [3.63, 3.8) is 0 Å². The molecule has 1 aliphatic heterocycles. The van der Waals surface area contributed by atoms with Crippen LogP contribution in [0.25, 0.3) is 5.76 Å². The van der Waals surface area contributed by atoms with Crippen LogP contribution in [0.15, 0.2) is 58.5 Å². The zero-order chi connectivity index (χ0) is 24.6. The van der Waals surface area contributed by atoms with Gasteiger partial charge in [0.25, 0.3) is 11.7 Å². The summed E-state index contributed by atoms with van der Waals surface area (Å²) in [5.41, 5.74) is 2.38. The van der Waals surface area contributed by atoms with Crippen LogP contribution in [-0.4, -0.2) is 30.5 Å². The van der Waals surface area contributed by atoms with Gasteiger partial charge in [-0.1, -0.05) is 6.07 Å². The van der Waals surface area contributed by atoms with Gasteiger partial charge in [0.15, 0.2) is 0 Å². The van der Waals surface area contributed by atoms with Gasteiger partial charge in [0, 0.05) is 17.3 Å². The van der Waals surface area contributed by atoms with Crippen molar-refractivity contribution >= 4 is 23.1 Å². The molecule has 1 amide bonds. The van der Waals surface area contributed by atoms with Crippen LogP contribution in [0.4, 0.5) is 5.69 Å². The van der Waals surface area contributed by atoms with E-state index in [0.717, 1.165) is 5.56 Å². The molecular weight excluding hydrogens is 434 g/mol. The first-order chi connectivity index (χ1) is 16.3. The molecule has 1 N–H and O–H groups in total. The van der Waals surface area contributed by atoms with Gasteiger partial charge < -0.3 is 19.0 Å². The zero-order valence-corrected chi connectivity index (χ0v) is 19.8. The summed E-state index contributed by atoms with van der Waals surface area (Å²) < 4.78 is 16.8. The highest BCUT2D eigenvalue weighted by Gasteiger charge is 2.48. The van der Waals surface area contributed by atoms with Crippen molar-refractivity contribution in [2.45, 2.75) is 33.7 Å². The molecule has 0 aliphatic carbocycles. The molecule has 0 spiro atoms. The molecule has 1 atom stereocenters. The molecule has 0 saturated carbocycles. The lowest BCUT2D eigenvalue weighted by molar-refractivity contribution is -0.132. The van der Waals surface area contributed by atoms with Gasteiger partial charge in [0.1, 0.15) is 34.8 Å². The van der Waals surface area contributed by atoms with E-state index in [1.807, 2.05) is 20.8 Å². The monoisotopic (exact) mass is 461 g/mol. The highest BCUT2D eigenvalue weighted by Crippen LogP contribution is 2.44. The van der Waals surface area contributed by atoms with Gasteiger partial charge >= 0.3 is 0 Å². The van der Waals surface area contributed by atoms with Crippen LogP contribution in [0, 0.1) is 20.8 Å². The standard InChI is InChI=1S/C27H27NO6/c1-6-33-19-9-7-8-18(14-19)28-24(21-11-10-17(4)34-21)23(26(30)27(28)31)25(29)20-12-16(3)22(32-5)13-15(20)2/h7-14,24,29H,6H2,1-5H3/b25-23+. The highest BCUT2D eigenvalue weighted by molar-refractivity contribution is 6.51. The van der Waals surface area contributed by atoms with Crippen molar-refractivity contribution in [2.24, 2.45) is 0 Å². The fraction of sp³-hybridized carbons (Fsp3) is 0.259.